The number of carbonyl (C=O) groups excluding carboxylic acids is 1. The van der Waals surface area contributed by atoms with Crippen molar-refractivity contribution in [3.05, 3.63) is 69.3 Å². The van der Waals surface area contributed by atoms with Gasteiger partial charge in [-0.2, -0.15) is 5.10 Å². The predicted octanol–water partition coefficient (Wildman–Crippen LogP) is 4.20. The lowest BCUT2D eigenvalue weighted by molar-refractivity contribution is -0.123. The van der Waals surface area contributed by atoms with E-state index < -0.39 is 0 Å². The number of H-pyrrole nitrogens is 1. The minimum absolute atomic E-state index is 0.0518. The van der Waals surface area contributed by atoms with E-state index in [2.05, 4.69) is 33.0 Å². The van der Waals surface area contributed by atoms with Crippen LogP contribution in [0.2, 0.25) is 10.0 Å². The lowest BCUT2D eigenvalue weighted by Gasteiger charge is -2.27. The second kappa shape index (κ2) is 7.35. The van der Waals surface area contributed by atoms with E-state index in [-0.39, 0.29) is 18.0 Å². The highest BCUT2D eigenvalue weighted by atomic mass is 35.5. The molecule has 0 radical (unpaired) electrons. The zero-order valence-electron chi connectivity index (χ0n) is 14.6. The Morgan fingerprint density at radius 1 is 1.22 bits per heavy atom. The molecule has 3 aromatic rings. The maximum Gasteiger partial charge on any atom is 0.257 e. The number of fused-ring (bicyclic) bond motifs is 3. The summed E-state index contributed by atoms with van der Waals surface area (Å²) < 4.78 is 0. The van der Waals surface area contributed by atoms with E-state index >= 15 is 0 Å². The smallest absolute Gasteiger partial charge is 0.257 e. The number of halogens is 2. The number of hydrogen-bond acceptors (Lipinski definition) is 3. The van der Waals surface area contributed by atoms with Crippen LogP contribution < -0.4 is 10.7 Å². The molecule has 7 heteroatoms. The molecule has 0 spiro atoms. The molecule has 1 aliphatic rings. The van der Waals surface area contributed by atoms with Crippen molar-refractivity contribution in [1.29, 1.82) is 0 Å². The van der Waals surface area contributed by atoms with Crippen LogP contribution >= 0.6 is 23.2 Å². The highest BCUT2D eigenvalue weighted by molar-refractivity contribution is 6.42. The summed E-state index contributed by atoms with van der Waals surface area (Å²) in [7, 11) is 0. The summed E-state index contributed by atoms with van der Waals surface area (Å²) in [4.78, 5) is 16.0. The molecule has 2 atom stereocenters. The molecule has 1 aliphatic heterocycles. The van der Waals surface area contributed by atoms with Crippen LogP contribution in [0, 0.1) is 0 Å². The minimum atomic E-state index is -0.349. The maximum absolute atomic E-state index is 12.6. The number of amides is 1. The third-order valence-electron chi connectivity index (χ3n) is 4.79. The Bertz CT molecular complexity index is 1040. The number of nitrogens with one attached hydrogen (secondary N) is 3. The van der Waals surface area contributed by atoms with Crippen molar-refractivity contribution in [2.75, 3.05) is 0 Å². The monoisotopic (exact) mass is 400 g/mol. The third-order valence-corrected chi connectivity index (χ3v) is 5.53. The topological polar surface area (TPSA) is 69.3 Å². The molecule has 27 heavy (non-hydrogen) atoms. The van der Waals surface area contributed by atoms with Crippen LogP contribution in [0.15, 0.2) is 47.6 Å². The summed E-state index contributed by atoms with van der Waals surface area (Å²) in [6, 6.07) is 13.0. The van der Waals surface area contributed by atoms with Gasteiger partial charge in [-0.15, -0.1) is 0 Å². The van der Waals surface area contributed by atoms with Crippen LogP contribution in [0.3, 0.4) is 0 Å². The first-order chi connectivity index (χ1) is 13.0. The van der Waals surface area contributed by atoms with Crippen LogP contribution in [0.1, 0.15) is 29.8 Å². The molecule has 0 unspecified atom stereocenters. The van der Waals surface area contributed by atoms with E-state index in [1.165, 1.54) is 5.56 Å². The van der Waals surface area contributed by atoms with Gasteiger partial charge in [0.15, 0.2) is 0 Å². The number of aromatic nitrogens is 1. The molecule has 0 saturated carbocycles. The number of nitrogens with zero attached hydrogens (tertiary/aromatic N) is 1. The lowest BCUT2D eigenvalue weighted by Crippen LogP contribution is -2.47. The van der Waals surface area contributed by atoms with E-state index in [0.717, 1.165) is 22.2 Å². The quantitative estimate of drug-likeness (QED) is 0.455. The first-order valence-corrected chi connectivity index (χ1v) is 9.42. The van der Waals surface area contributed by atoms with E-state index in [9.17, 15) is 4.79 Å². The Morgan fingerprint density at radius 2 is 2.04 bits per heavy atom. The molecule has 1 amide bonds. The fourth-order valence-corrected chi connectivity index (χ4v) is 3.77. The molecular weight excluding hydrogens is 383 g/mol. The molecule has 2 aromatic carbocycles. The lowest BCUT2D eigenvalue weighted by atomic mass is 9.94. The average Bonchev–Trinajstić information content (AvgIpc) is 3.04. The van der Waals surface area contributed by atoms with E-state index in [0.29, 0.717) is 16.5 Å². The molecule has 138 valence electrons. The molecular formula is C20H18Cl2N4O. The third kappa shape index (κ3) is 3.58. The number of hydrazone groups is 1. The van der Waals surface area contributed by atoms with Crippen molar-refractivity contribution in [3.63, 3.8) is 0 Å². The second-order valence-electron chi connectivity index (χ2n) is 6.62. The van der Waals surface area contributed by atoms with E-state index in [4.69, 9.17) is 23.2 Å². The van der Waals surface area contributed by atoms with Crippen molar-refractivity contribution >= 4 is 46.2 Å². The Morgan fingerprint density at radius 3 is 2.85 bits per heavy atom. The van der Waals surface area contributed by atoms with Crippen LogP contribution in [0.5, 0.6) is 0 Å². The largest absolute Gasteiger partial charge is 0.357 e. The number of benzene rings is 2. The van der Waals surface area contributed by atoms with Gasteiger partial charge in [-0.1, -0.05) is 47.5 Å². The molecule has 0 aliphatic carbocycles. The second-order valence-corrected chi connectivity index (χ2v) is 7.43. The molecule has 3 N–H and O–H groups in total. The van der Waals surface area contributed by atoms with Crippen molar-refractivity contribution in [2.45, 2.75) is 25.4 Å². The fraction of sp³-hybridized carbons (Fsp3) is 0.200. The van der Waals surface area contributed by atoms with Crippen LogP contribution in [-0.2, 0) is 11.2 Å². The van der Waals surface area contributed by atoms with E-state index in [1.54, 1.807) is 24.4 Å². The molecule has 0 saturated heterocycles. The highest BCUT2D eigenvalue weighted by Crippen LogP contribution is 2.31. The van der Waals surface area contributed by atoms with Gasteiger partial charge in [0.1, 0.15) is 0 Å². The summed E-state index contributed by atoms with van der Waals surface area (Å²) in [6.07, 6.45) is 2.15. The first kappa shape index (κ1) is 18.0. The van der Waals surface area contributed by atoms with Gasteiger partial charge in [-0.25, -0.2) is 5.43 Å². The molecule has 0 bridgehead atoms. The van der Waals surface area contributed by atoms with Crippen molar-refractivity contribution in [2.24, 2.45) is 5.10 Å². The maximum atomic E-state index is 12.6. The SMILES string of the molecule is C[C@@H]1N[C@H](C(=O)NN=Cc2ccc(Cl)c(Cl)c2)Cc2c1[nH]c1ccccc21. The Hall–Kier alpha value is -2.34. The fourth-order valence-electron chi connectivity index (χ4n) is 3.47. The summed E-state index contributed by atoms with van der Waals surface area (Å²) in [5, 5.41) is 9.48. The van der Waals surface area contributed by atoms with Gasteiger partial charge in [0.25, 0.3) is 5.91 Å². The number of aromatic amines is 1. The Kier molecular flexibility index (Phi) is 4.91. The van der Waals surface area contributed by atoms with Gasteiger partial charge in [-0.3, -0.25) is 10.1 Å². The minimum Gasteiger partial charge on any atom is -0.357 e. The van der Waals surface area contributed by atoms with Gasteiger partial charge in [0.05, 0.1) is 22.3 Å². The number of para-hydroxylation sites is 1. The van der Waals surface area contributed by atoms with Gasteiger partial charge in [0.2, 0.25) is 0 Å². The Balaban J connectivity index is 1.48. The molecule has 5 nitrogen and oxygen atoms in total. The molecule has 4 rings (SSSR count). The zero-order valence-corrected chi connectivity index (χ0v) is 16.1. The van der Waals surface area contributed by atoms with Crippen LogP contribution in [0.25, 0.3) is 10.9 Å². The van der Waals surface area contributed by atoms with Gasteiger partial charge < -0.3 is 4.98 Å². The molecule has 1 aromatic heterocycles. The van der Waals surface area contributed by atoms with Gasteiger partial charge in [0, 0.05) is 22.6 Å². The molecule has 2 heterocycles. The number of hydrogen-bond donors (Lipinski definition) is 3. The van der Waals surface area contributed by atoms with Crippen LogP contribution in [-0.4, -0.2) is 23.1 Å². The summed E-state index contributed by atoms with van der Waals surface area (Å²) in [6.45, 7) is 2.05. The Labute approximate surface area is 166 Å². The summed E-state index contributed by atoms with van der Waals surface area (Å²) >= 11 is 11.9. The van der Waals surface area contributed by atoms with Gasteiger partial charge in [-0.05, 0) is 42.7 Å². The van der Waals surface area contributed by atoms with Crippen molar-refractivity contribution in [3.8, 4) is 0 Å². The number of rotatable bonds is 3. The zero-order chi connectivity index (χ0) is 19.0. The van der Waals surface area contributed by atoms with Crippen LogP contribution in [0.4, 0.5) is 0 Å². The van der Waals surface area contributed by atoms with E-state index in [1.807, 2.05) is 19.1 Å². The summed E-state index contributed by atoms with van der Waals surface area (Å²) in [5.41, 5.74) is 6.78. The molecule has 0 fully saturated rings. The highest BCUT2D eigenvalue weighted by Gasteiger charge is 2.30. The van der Waals surface area contributed by atoms with Crippen molar-refractivity contribution < 1.29 is 4.79 Å². The standard InChI is InChI=1S/C20H18Cl2N4O/c1-11-19-14(13-4-2-3-5-17(13)25-19)9-18(24-11)20(27)26-23-10-12-6-7-15(21)16(22)8-12/h2-8,10-11,18,24-25H,9H2,1H3,(H,26,27)/t11-,18-/m0/s1. The number of carbonyl (C=O) groups is 1. The van der Waals surface area contributed by atoms with Crippen molar-refractivity contribution in [1.82, 2.24) is 15.7 Å². The van der Waals surface area contributed by atoms with Gasteiger partial charge >= 0.3 is 0 Å². The summed E-state index contributed by atoms with van der Waals surface area (Å²) in [5.74, 6) is -0.172. The normalized spacial score (nSPS) is 19.4. The predicted molar refractivity (Wildman–Crippen MR) is 110 cm³/mol. The first-order valence-electron chi connectivity index (χ1n) is 8.66. The average molecular weight is 401 g/mol.